The summed E-state index contributed by atoms with van der Waals surface area (Å²) in [5.74, 6) is 0.296. The van der Waals surface area contributed by atoms with Crippen molar-refractivity contribution < 1.29 is 8.42 Å². The molecular formula is C11H25NO2S. The molecule has 4 heteroatoms. The molecule has 0 aliphatic carbocycles. The molecule has 0 heterocycles. The molecule has 0 spiro atoms. The lowest BCUT2D eigenvalue weighted by atomic mass is 10.1. The van der Waals surface area contributed by atoms with E-state index in [0.29, 0.717) is 11.8 Å². The normalized spacial score (nSPS) is 14.1. The number of hydrogen-bond donors (Lipinski definition) is 1. The molecule has 0 aromatic heterocycles. The van der Waals surface area contributed by atoms with Crippen molar-refractivity contribution in [2.24, 2.45) is 0 Å². The van der Waals surface area contributed by atoms with Gasteiger partial charge in [-0.25, -0.2) is 8.42 Å². The molecule has 0 radical (unpaired) electrons. The van der Waals surface area contributed by atoms with Crippen LogP contribution in [0.4, 0.5) is 0 Å². The van der Waals surface area contributed by atoms with Gasteiger partial charge in [-0.15, -0.1) is 0 Å². The quantitative estimate of drug-likeness (QED) is 0.622. The van der Waals surface area contributed by atoms with Crippen molar-refractivity contribution in [1.29, 1.82) is 0 Å². The average Bonchev–Trinajstić information content (AvgIpc) is 2.15. The van der Waals surface area contributed by atoms with Crippen LogP contribution in [0.2, 0.25) is 0 Å². The molecule has 0 aliphatic rings. The van der Waals surface area contributed by atoms with E-state index >= 15 is 0 Å². The molecule has 0 bridgehead atoms. The van der Waals surface area contributed by atoms with Gasteiger partial charge in [-0.3, -0.25) is 0 Å². The Bertz CT molecular complexity index is 237. The van der Waals surface area contributed by atoms with Crippen molar-refractivity contribution in [3.8, 4) is 0 Å². The van der Waals surface area contributed by atoms with Gasteiger partial charge in [-0.2, -0.15) is 0 Å². The maximum Gasteiger partial charge on any atom is 0.147 e. The highest BCUT2D eigenvalue weighted by molar-refractivity contribution is 7.90. The van der Waals surface area contributed by atoms with Gasteiger partial charge in [-0.1, -0.05) is 26.7 Å². The highest BCUT2D eigenvalue weighted by Crippen LogP contribution is 2.03. The number of sulfone groups is 1. The lowest BCUT2D eigenvalue weighted by Crippen LogP contribution is -2.30. The van der Waals surface area contributed by atoms with E-state index in [4.69, 9.17) is 0 Å². The predicted octanol–water partition coefficient (Wildman–Crippen LogP) is 1.98. The Balaban J connectivity index is 3.54. The number of nitrogens with one attached hydrogen (secondary N) is 1. The molecule has 0 aromatic carbocycles. The first-order valence-corrected chi connectivity index (χ1v) is 7.96. The molecular weight excluding hydrogens is 210 g/mol. The van der Waals surface area contributed by atoms with Gasteiger partial charge in [-0.05, 0) is 25.8 Å². The van der Waals surface area contributed by atoms with Crippen LogP contribution in [0.15, 0.2) is 0 Å². The first-order valence-electron chi connectivity index (χ1n) is 5.90. The fourth-order valence-electron chi connectivity index (χ4n) is 1.54. The molecule has 0 saturated heterocycles. The Morgan fingerprint density at radius 1 is 1.20 bits per heavy atom. The van der Waals surface area contributed by atoms with Gasteiger partial charge in [0.05, 0.1) is 5.75 Å². The minimum Gasteiger partial charge on any atom is -0.314 e. The minimum atomic E-state index is -2.79. The van der Waals surface area contributed by atoms with Crippen LogP contribution in [0.1, 0.15) is 46.0 Å². The molecule has 1 N–H and O–H groups in total. The van der Waals surface area contributed by atoms with E-state index in [0.717, 1.165) is 19.4 Å². The first kappa shape index (κ1) is 14.9. The molecule has 92 valence electrons. The van der Waals surface area contributed by atoms with E-state index < -0.39 is 9.84 Å². The van der Waals surface area contributed by atoms with Crippen molar-refractivity contribution >= 4 is 9.84 Å². The summed E-state index contributed by atoms with van der Waals surface area (Å²) in [6.45, 7) is 5.18. The zero-order valence-corrected chi connectivity index (χ0v) is 11.1. The lowest BCUT2D eigenvalue weighted by Gasteiger charge is -2.16. The van der Waals surface area contributed by atoms with Crippen LogP contribution in [0.5, 0.6) is 0 Å². The Hall–Kier alpha value is -0.0900. The zero-order chi connectivity index (χ0) is 11.7. The Morgan fingerprint density at radius 2 is 1.87 bits per heavy atom. The van der Waals surface area contributed by atoms with E-state index in [-0.39, 0.29) is 0 Å². The summed E-state index contributed by atoms with van der Waals surface area (Å²) in [4.78, 5) is 0. The Morgan fingerprint density at radius 3 is 2.33 bits per heavy atom. The van der Waals surface area contributed by atoms with Crippen LogP contribution in [-0.2, 0) is 9.84 Å². The van der Waals surface area contributed by atoms with Crippen LogP contribution < -0.4 is 5.32 Å². The van der Waals surface area contributed by atoms with Crippen LogP contribution in [0, 0.1) is 0 Å². The van der Waals surface area contributed by atoms with E-state index in [1.807, 2.05) is 0 Å². The lowest BCUT2D eigenvalue weighted by molar-refractivity contribution is 0.453. The van der Waals surface area contributed by atoms with Gasteiger partial charge in [0.2, 0.25) is 0 Å². The maximum atomic E-state index is 10.9. The van der Waals surface area contributed by atoms with E-state index in [2.05, 4.69) is 19.2 Å². The topological polar surface area (TPSA) is 46.2 Å². The fourth-order valence-corrected chi connectivity index (χ4v) is 2.21. The molecule has 1 unspecified atom stereocenters. The SMILES string of the molecule is CCCCC(CC)NCCCS(C)(=O)=O. The van der Waals surface area contributed by atoms with Gasteiger partial charge in [0.1, 0.15) is 9.84 Å². The molecule has 0 amide bonds. The van der Waals surface area contributed by atoms with E-state index in [1.165, 1.54) is 25.5 Å². The second-order valence-electron chi connectivity index (χ2n) is 4.18. The third-order valence-electron chi connectivity index (χ3n) is 2.52. The van der Waals surface area contributed by atoms with Crippen LogP contribution in [0.25, 0.3) is 0 Å². The summed E-state index contributed by atoms with van der Waals surface area (Å²) in [5, 5.41) is 3.41. The summed E-state index contributed by atoms with van der Waals surface area (Å²) in [5.41, 5.74) is 0. The third kappa shape index (κ3) is 10.2. The van der Waals surface area contributed by atoms with Gasteiger partial charge in [0.25, 0.3) is 0 Å². The summed E-state index contributed by atoms with van der Waals surface area (Å²) < 4.78 is 21.8. The van der Waals surface area contributed by atoms with Crippen LogP contribution in [0.3, 0.4) is 0 Å². The molecule has 0 aromatic rings. The predicted molar refractivity (Wildman–Crippen MR) is 65.9 cm³/mol. The fraction of sp³-hybridized carbons (Fsp3) is 1.00. The molecule has 15 heavy (non-hydrogen) atoms. The second kappa shape index (κ2) is 8.11. The van der Waals surface area contributed by atoms with E-state index in [1.54, 1.807) is 0 Å². The van der Waals surface area contributed by atoms with E-state index in [9.17, 15) is 8.42 Å². The van der Waals surface area contributed by atoms with Crippen molar-refractivity contribution in [3.63, 3.8) is 0 Å². The number of rotatable bonds is 9. The molecule has 0 rings (SSSR count). The first-order chi connectivity index (χ1) is 6.99. The zero-order valence-electron chi connectivity index (χ0n) is 10.3. The van der Waals surface area contributed by atoms with Crippen LogP contribution >= 0.6 is 0 Å². The van der Waals surface area contributed by atoms with Crippen molar-refractivity contribution in [1.82, 2.24) is 5.32 Å². The van der Waals surface area contributed by atoms with Crippen molar-refractivity contribution in [2.75, 3.05) is 18.6 Å². The minimum absolute atomic E-state index is 0.296. The standard InChI is InChI=1S/C11H25NO2S/c1-4-6-8-11(5-2)12-9-7-10-15(3,13)14/h11-12H,4-10H2,1-3H3. The molecule has 0 fully saturated rings. The number of unbranched alkanes of at least 4 members (excludes halogenated alkanes) is 1. The van der Waals surface area contributed by atoms with Gasteiger partial charge >= 0.3 is 0 Å². The van der Waals surface area contributed by atoms with Gasteiger partial charge in [0, 0.05) is 12.3 Å². The molecule has 1 atom stereocenters. The smallest absolute Gasteiger partial charge is 0.147 e. The summed E-state index contributed by atoms with van der Waals surface area (Å²) in [6, 6.07) is 0.560. The maximum absolute atomic E-state index is 10.9. The average molecular weight is 235 g/mol. The largest absolute Gasteiger partial charge is 0.314 e. The van der Waals surface area contributed by atoms with Crippen molar-refractivity contribution in [3.05, 3.63) is 0 Å². The third-order valence-corrected chi connectivity index (χ3v) is 3.55. The van der Waals surface area contributed by atoms with Crippen LogP contribution in [-0.4, -0.2) is 33.0 Å². The van der Waals surface area contributed by atoms with Gasteiger partial charge in [0.15, 0.2) is 0 Å². The molecule has 0 saturated carbocycles. The van der Waals surface area contributed by atoms with Crippen molar-refractivity contribution in [2.45, 2.75) is 52.0 Å². The number of hydrogen-bond acceptors (Lipinski definition) is 3. The summed E-state index contributed by atoms with van der Waals surface area (Å²) in [7, 11) is -2.79. The molecule has 3 nitrogen and oxygen atoms in total. The Kier molecular flexibility index (Phi) is 8.06. The monoisotopic (exact) mass is 235 g/mol. The van der Waals surface area contributed by atoms with Gasteiger partial charge < -0.3 is 5.32 Å². The highest BCUT2D eigenvalue weighted by atomic mass is 32.2. The Labute approximate surface area is 94.6 Å². The summed E-state index contributed by atoms with van der Waals surface area (Å²) in [6.07, 6.45) is 6.81. The molecule has 0 aliphatic heterocycles. The second-order valence-corrected chi connectivity index (χ2v) is 6.44. The summed E-state index contributed by atoms with van der Waals surface area (Å²) >= 11 is 0. The highest BCUT2D eigenvalue weighted by Gasteiger charge is 2.05.